The summed E-state index contributed by atoms with van der Waals surface area (Å²) in [7, 11) is 1.55. The molecule has 0 aromatic carbocycles. The third kappa shape index (κ3) is 3.21. The molecule has 0 spiro atoms. The van der Waals surface area contributed by atoms with Crippen molar-refractivity contribution in [3.8, 4) is 10.6 Å². The number of aryl methyl sites for hydroxylation is 1. The lowest BCUT2D eigenvalue weighted by Gasteiger charge is -2.26. The van der Waals surface area contributed by atoms with Gasteiger partial charge in [-0.3, -0.25) is 9.48 Å². The van der Waals surface area contributed by atoms with E-state index < -0.39 is 35.4 Å². The van der Waals surface area contributed by atoms with Crippen molar-refractivity contribution in [2.24, 2.45) is 13.0 Å². The highest BCUT2D eigenvalue weighted by molar-refractivity contribution is 7.15. The predicted molar refractivity (Wildman–Crippen MR) is 87.6 cm³/mol. The van der Waals surface area contributed by atoms with Gasteiger partial charge in [0.1, 0.15) is 5.92 Å². The van der Waals surface area contributed by atoms with Crippen LogP contribution in [0.15, 0.2) is 6.20 Å². The maximum atomic E-state index is 13.2. The van der Waals surface area contributed by atoms with E-state index in [1.807, 2.05) is 0 Å². The van der Waals surface area contributed by atoms with E-state index in [0.29, 0.717) is 22.6 Å². The third-order valence-corrected chi connectivity index (χ3v) is 6.01. The van der Waals surface area contributed by atoms with Crippen LogP contribution in [0.4, 0.5) is 27.8 Å². The molecule has 2 saturated carbocycles. The molecule has 2 heterocycles. The van der Waals surface area contributed by atoms with E-state index in [-0.39, 0.29) is 16.6 Å². The molecule has 11 heteroatoms. The summed E-state index contributed by atoms with van der Waals surface area (Å²) in [6.45, 7) is 0. The SMILES string of the molecule is Cn1nc(NC(=O)C2CC2(F)F)c(C2CCC2)c1-c1cnc(C(F)(F)F)s1. The molecule has 146 valence electrons. The quantitative estimate of drug-likeness (QED) is 0.765. The molecular formula is C16H15F5N4OS. The van der Waals surface area contributed by atoms with Crippen LogP contribution in [0.3, 0.4) is 0 Å². The Bertz CT molecular complexity index is 899. The molecule has 1 atom stereocenters. The van der Waals surface area contributed by atoms with Gasteiger partial charge in [-0.15, -0.1) is 11.3 Å². The van der Waals surface area contributed by atoms with Gasteiger partial charge in [-0.05, 0) is 18.8 Å². The minimum absolute atomic E-state index is 0.0140. The summed E-state index contributed by atoms with van der Waals surface area (Å²) in [5, 5.41) is 5.68. The van der Waals surface area contributed by atoms with E-state index >= 15 is 0 Å². The Morgan fingerprint density at radius 1 is 1.37 bits per heavy atom. The van der Waals surface area contributed by atoms with E-state index in [1.54, 1.807) is 7.05 Å². The minimum Gasteiger partial charge on any atom is -0.309 e. The van der Waals surface area contributed by atoms with Gasteiger partial charge in [0.25, 0.3) is 5.92 Å². The van der Waals surface area contributed by atoms with Crippen LogP contribution >= 0.6 is 11.3 Å². The number of hydrogen-bond donors (Lipinski definition) is 1. The third-order valence-electron chi connectivity index (χ3n) is 4.96. The Balaban J connectivity index is 1.70. The van der Waals surface area contributed by atoms with Gasteiger partial charge in [-0.1, -0.05) is 6.42 Å². The lowest BCUT2D eigenvalue weighted by atomic mass is 9.79. The highest BCUT2D eigenvalue weighted by Crippen LogP contribution is 2.50. The summed E-state index contributed by atoms with van der Waals surface area (Å²) in [6.07, 6.45) is -1.37. The largest absolute Gasteiger partial charge is 0.443 e. The number of nitrogens with one attached hydrogen (secondary N) is 1. The van der Waals surface area contributed by atoms with Crippen molar-refractivity contribution < 1.29 is 26.7 Å². The normalized spacial score (nSPS) is 21.8. The van der Waals surface area contributed by atoms with Crippen LogP contribution in [-0.4, -0.2) is 26.6 Å². The standard InChI is InChI=1S/C16H15F5N4OS/c1-25-11(9-6-22-14(27-9)16(19,20)21)10(7-3-2-4-7)12(24-25)23-13(26)8-5-15(8,17)18/h6-8H,2-5H2,1H3,(H,23,24,26). The number of nitrogens with zero attached hydrogens (tertiary/aromatic N) is 3. The van der Waals surface area contributed by atoms with E-state index in [0.717, 1.165) is 25.5 Å². The lowest BCUT2D eigenvalue weighted by Crippen LogP contribution is -2.20. The van der Waals surface area contributed by atoms with Crippen LogP contribution in [0.5, 0.6) is 0 Å². The highest BCUT2D eigenvalue weighted by atomic mass is 32.1. The maximum Gasteiger partial charge on any atom is 0.443 e. The van der Waals surface area contributed by atoms with Crippen molar-refractivity contribution in [2.45, 2.75) is 43.7 Å². The molecule has 1 N–H and O–H groups in total. The zero-order valence-electron chi connectivity index (χ0n) is 14.1. The van der Waals surface area contributed by atoms with Crippen LogP contribution in [0.25, 0.3) is 10.6 Å². The average molecular weight is 406 g/mol. The molecule has 1 amide bonds. The van der Waals surface area contributed by atoms with Crippen LogP contribution in [-0.2, 0) is 18.0 Å². The first-order valence-electron chi connectivity index (χ1n) is 8.37. The Labute approximate surface area is 154 Å². The van der Waals surface area contributed by atoms with Crippen molar-refractivity contribution in [3.05, 3.63) is 16.8 Å². The van der Waals surface area contributed by atoms with Crippen LogP contribution in [0.1, 0.15) is 42.2 Å². The Morgan fingerprint density at radius 2 is 2.04 bits per heavy atom. The van der Waals surface area contributed by atoms with Gasteiger partial charge in [0, 0.05) is 25.2 Å². The zero-order valence-corrected chi connectivity index (χ0v) is 14.9. The van der Waals surface area contributed by atoms with Gasteiger partial charge >= 0.3 is 6.18 Å². The summed E-state index contributed by atoms with van der Waals surface area (Å²) in [5.74, 6) is -5.03. The Morgan fingerprint density at radius 3 is 2.52 bits per heavy atom. The number of anilines is 1. The number of halogens is 5. The first-order chi connectivity index (χ1) is 12.6. The molecular weight excluding hydrogens is 391 g/mol. The second-order valence-corrected chi connectivity index (χ2v) is 7.93. The molecule has 5 nitrogen and oxygen atoms in total. The summed E-state index contributed by atoms with van der Waals surface area (Å²) >= 11 is 0.494. The summed E-state index contributed by atoms with van der Waals surface area (Å²) in [4.78, 5) is 15.8. The molecule has 0 radical (unpaired) electrons. The second-order valence-electron chi connectivity index (χ2n) is 6.90. The number of rotatable bonds is 4. The zero-order chi connectivity index (χ0) is 19.6. The fourth-order valence-electron chi connectivity index (χ4n) is 3.22. The van der Waals surface area contributed by atoms with Crippen molar-refractivity contribution in [3.63, 3.8) is 0 Å². The second kappa shape index (κ2) is 5.98. The van der Waals surface area contributed by atoms with Crippen LogP contribution < -0.4 is 5.32 Å². The molecule has 2 aromatic rings. The summed E-state index contributed by atoms with van der Waals surface area (Å²) in [6, 6.07) is 0. The monoisotopic (exact) mass is 406 g/mol. The van der Waals surface area contributed by atoms with E-state index in [2.05, 4.69) is 15.4 Å². The molecule has 0 saturated heterocycles. The molecule has 2 aliphatic carbocycles. The molecule has 0 bridgehead atoms. The number of carbonyl (C=O) groups excluding carboxylic acids is 1. The summed E-state index contributed by atoms with van der Waals surface area (Å²) < 4.78 is 66.4. The molecule has 0 aliphatic heterocycles. The van der Waals surface area contributed by atoms with Crippen molar-refractivity contribution in [1.29, 1.82) is 0 Å². The number of amides is 1. The minimum atomic E-state index is -4.55. The van der Waals surface area contributed by atoms with Gasteiger partial charge in [0.15, 0.2) is 10.8 Å². The first-order valence-corrected chi connectivity index (χ1v) is 9.18. The van der Waals surface area contributed by atoms with Crippen LogP contribution in [0.2, 0.25) is 0 Å². The lowest BCUT2D eigenvalue weighted by molar-refractivity contribution is -0.137. The fourth-order valence-corrected chi connectivity index (χ4v) is 4.10. The number of thiazole rings is 1. The summed E-state index contributed by atoms with van der Waals surface area (Å²) in [5.41, 5.74) is 1.03. The smallest absolute Gasteiger partial charge is 0.309 e. The van der Waals surface area contributed by atoms with Gasteiger partial charge in [0.2, 0.25) is 5.91 Å². The average Bonchev–Trinajstić information content (AvgIpc) is 2.84. The fraction of sp³-hybridized carbons (Fsp3) is 0.562. The molecule has 2 fully saturated rings. The van der Waals surface area contributed by atoms with Gasteiger partial charge in [0.05, 0.1) is 10.6 Å². The number of alkyl halides is 5. The van der Waals surface area contributed by atoms with E-state index in [1.165, 1.54) is 4.68 Å². The van der Waals surface area contributed by atoms with Gasteiger partial charge < -0.3 is 5.32 Å². The van der Waals surface area contributed by atoms with Crippen LogP contribution in [0, 0.1) is 5.92 Å². The van der Waals surface area contributed by atoms with Gasteiger partial charge in [-0.25, -0.2) is 13.8 Å². The molecule has 27 heavy (non-hydrogen) atoms. The topological polar surface area (TPSA) is 59.8 Å². The molecule has 2 aromatic heterocycles. The van der Waals surface area contributed by atoms with Crippen molar-refractivity contribution in [2.75, 3.05) is 5.32 Å². The molecule has 1 unspecified atom stereocenters. The van der Waals surface area contributed by atoms with E-state index in [9.17, 15) is 26.7 Å². The van der Waals surface area contributed by atoms with E-state index in [4.69, 9.17) is 0 Å². The Hall–Kier alpha value is -2.04. The maximum absolute atomic E-state index is 13.2. The molecule has 2 aliphatic rings. The number of hydrogen-bond acceptors (Lipinski definition) is 4. The van der Waals surface area contributed by atoms with Gasteiger partial charge in [-0.2, -0.15) is 18.3 Å². The Kier molecular flexibility index (Phi) is 4.06. The highest BCUT2D eigenvalue weighted by Gasteiger charge is 2.61. The van der Waals surface area contributed by atoms with Crippen molar-refractivity contribution in [1.82, 2.24) is 14.8 Å². The molecule has 4 rings (SSSR count). The van der Waals surface area contributed by atoms with Crippen molar-refractivity contribution >= 4 is 23.1 Å². The first kappa shape index (κ1) is 18.3. The number of aromatic nitrogens is 3. The number of carbonyl (C=O) groups is 1. The predicted octanol–water partition coefficient (Wildman–Crippen LogP) is 4.42.